The summed E-state index contributed by atoms with van der Waals surface area (Å²) in [7, 11) is 1.98. The Kier molecular flexibility index (Phi) is 5.19. The van der Waals surface area contributed by atoms with E-state index in [1.54, 1.807) is 0 Å². The number of hydrogen-bond acceptors (Lipinski definition) is 3. The minimum absolute atomic E-state index is 0.452. The van der Waals surface area contributed by atoms with Crippen LogP contribution in [0, 0.1) is 17.3 Å². The number of hydrogen-bond donors (Lipinski definition) is 1. The monoisotopic (exact) mass is 295 g/mol. The summed E-state index contributed by atoms with van der Waals surface area (Å²) in [5.41, 5.74) is 6.46. The van der Waals surface area contributed by atoms with Crippen molar-refractivity contribution in [2.75, 3.05) is 6.54 Å². The zero-order chi connectivity index (χ0) is 14.8. The Morgan fingerprint density at radius 3 is 2.75 bits per heavy atom. The first kappa shape index (κ1) is 15.9. The van der Waals surface area contributed by atoms with Crippen molar-refractivity contribution in [2.24, 2.45) is 30.0 Å². The molecule has 0 aromatic carbocycles. The van der Waals surface area contributed by atoms with Gasteiger partial charge in [0.15, 0.2) is 0 Å². The summed E-state index contributed by atoms with van der Waals surface area (Å²) in [6, 6.07) is 0. The summed E-state index contributed by atoms with van der Waals surface area (Å²) >= 11 is 1.99. The molecule has 1 aromatic rings. The number of rotatable bonds is 5. The molecule has 3 nitrogen and oxygen atoms in total. The Bertz CT molecular complexity index is 427. The molecule has 1 aromatic heterocycles. The molecule has 3 atom stereocenters. The maximum atomic E-state index is 6.01. The van der Waals surface area contributed by atoms with Gasteiger partial charge in [0.2, 0.25) is 0 Å². The second kappa shape index (κ2) is 6.52. The van der Waals surface area contributed by atoms with Crippen molar-refractivity contribution < 1.29 is 0 Å². The summed E-state index contributed by atoms with van der Waals surface area (Å²) in [5, 5.41) is 4.93. The summed E-state index contributed by atoms with van der Waals surface area (Å²) in [5.74, 6) is 1.48. The van der Waals surface area contributed by atoms with Gasteiger partial charge >= 0.3 is 0 Å². The standard InChI is InChI=1S/C16H29N3S/c1-5-16(2,3)13-7-6-12(9-17)15(8-13)20-14-10-18-19(4)11-14/h10-13,15H,5-9,17H2,1-4H3. The highest BCUT2D eigenvalue weighted by Crippen LogP contribution is 2.46. The van der Waals surface area contributed by atoms with E-state index in [1.165, 1.54) is 30.6 Å². The van der Waals surface area contributed by atoms with Crippen molar-refractivity contribution >= 4 is 11.8 Å². The van der Waals surface area contributed by atoms with Gasteiger partial charge in [-0.25, -0.2) is 0 Å². The fourth-order valence-electron chi connectivity index (χ4n) is 3.24. The smallest absolute Gasteiger partial charge is 0.0625 e. The van der Waals surface area contributed by atoms with E-state index in [4.69, 9.17) is 5.73 Å². The van der Waals surface area contributed by atoms with E-state index in [-0.39, 0.29) is 0 Å². The normalized spacial score (nSPS) is 27.8. The van der Waals surface area contributed by atoms with Crippen LogP contribution in [0.1, 0.15) is 46.5 Å². The lowest BCUT2D eigenvalue weighted by atomic mass is 9.67. The van der Waals surface area contributed by atoms with E-state index < -0.39 is 0 Å². The number of aromatic nitrogens is 2. The third kappa shape index (κ3) is 3.59. The van der Waals surface area contributed by atoms with Gasteiger partial charge < -0.3 is 5.73 Å². The predicted molar refractivity (Wildman–Crippen MR) is 86.8 cm³/mol. The molecule has 1 aliphatic carbocycles. The molecule has 0 aliphatic heterocycles. The largest absolute Gasteiger partial charge is 0.330 e. The molecule has 0 bridgehead atoms. The maximum Gasteiger partial charge on any atom is 0.0625 e. The molecule has 2 N–H and O–H groups in total. The molecule has 1 heterocycles. The summed E-state index contributed by atoms with van der Waals surface area (Å²) in [6.45, 7) is 7.98. The molecule has 0 spiro atoms. The Labute approximate surface area is 127 Å². The number of nitrogens with zero attached hydrogens (tertiary/aromatic N) is 2. The highest BCUT2D eigenvalue weighted by atomic mass is 32.2. The first-order valence-corrected chi connectivity index (χ1v) is 8.69. The number of aryl methyl sites for hydroxylation is 1. The highest BCUT2D eigenvalue weighted by Gasteiger charge is 2.37. The zero-order valence-electron chi connectivity index (χ0n) is 13.3. The van der Waals surface area contributed by atoms with Gasteiger partial charge in [0.05, 0.1) is 6.20 Å². The molecular weight excluding hydrogens is 266 g/mol. The van der Waals surface area contributed by atoms with Gasteiger partial charge in [-0.05, 0) is 43.1 Å². The van der Waals surface area contributed by atoms with Crippen molar-refractivity contribution in [1.82, 2.24) is 9.78 Å². The van der Waals surface area contributed by atoms with Crippen molar-refractivity contribution in [3.8, 4) is 0 Å². The van der Waals surface area contributed by atoms with Gasteiger partial charge in [-0.1, -0.05) is 27.2 Å². The molecule has 1 saturated carbocycles. The van der Waals surface area contributed by atoms with E-state index in [0.29, 0.717) is 16.6 Å². The second-order valence-corrected chi connectivity index (χ2v) is 8.17. The molecule has 0 radical (unpaired) electrons. The van der Waals surface area contributed by atoms with Crippen LogP contribution < -0.4 is 5.73 Å². The van der Waals surface area contributed by atoms with Crippen LogP contribution in [0.15, 0.2) is 17.3 Å². The molecule has 3 unspecified atom stereocenters. The molecule has 1 fully saturated rings. The number of nitrogens with two attached hydrogens (primary N) is 1. The van der Waals surface area contributed by atoms with E-state index in [2.05, 4.69) is 32.1 Å². The molecular formula is C16H29N3S. The molecule has 2 rings (SSSR count). The van der Waals surface area contributed by atoms with Gasteiger partial charge in [0.1, 0.15) is 0 Å². The van der Waals surface area contributed by atoms with Crippen molar-refractivity contribution in [1.29, 1.82) is 0 Å². The van der Waals surface area contributed by atoms with Crippen LogP contribution in [0.25, 0.3) is 0 Å². The number of thioether (sulfide) groups is 1. The van der Waals surface area contributed by atoms with Crippen LogP contribution in [0.4, 0.5) is 0 Å². The third-order valence-electron chi connectivity index (χ3n) is 5.22. The van der Waals surface area contributed by atoms with Gasteiger partial charge in [-0.3, -0.25) is 4.68 Å². The lowest BCUT2D eigenvalue weighted by Gasteiger charge is -2.42. The molecule has 20 heavy (non-hydrogen) atoms. The fourth-order valence-corrected chi connectivity index (χ4v) is 4.68. The first-order valence-electron chi connectivity index (χ1n) is 7.81. The van der Waals surface area contributed by atoms with Gasteiger partial charge in [0.25, 0.3) is 0 Å². The van der Waals surface area contributed by atoms with E-state index in [1.807, 2.05) is 29.7 Å². The van der Waals surface area contributed by atoms with E-state index >= 15 is 0 Å². The zero-order valence-corrected chi connectivity index (χ0v) is 14.1. The van der Waals surface area contributed by atoms with Crippen LogP contribution in [-0.2, 0) is 7.05 Å². The Balaban J connectivity index is 2.06. The third-order valence-corrected chi connectivity index (χ3v) is 6.58. The highest BCUT2D eigenvalue weighted by molar-refractivity contribution is 8.00. The molecule has 0 saturated heterocycles. The van der Waals surface area contributed by atoms with Crippen molar-refractivity contribution in [3.05, 3.63) is 12.4 Å². The Morgan fingerprint density at radius 1 is 1.45 bits per heavy atom. The van der Waals surface area contributed by atoms with Crippen molar-refractivity contribution in [2.45, 2.75) is 56.6 Å². The Morgan fingerprint density at radius 2 is 2.20 bits per heavy atom. The first-order chi connectivity index (χ1) is 9.46. The average Bonchev–Trinajstić information content (AvgIpc) is 2.84. The second-order valence-electron chi connectivity index (χ2n) is 6.85. The average molecular weight is 295 g/mol. The van der Waals surface area contributed by atoms with Crippen LogP contribution in [0.2, 0.25) is 0 Å². The van der Waals surface area contributed by atoms with Gasteiger partial charge in [-0.2, -0.15) is 5.10 Å². The minimum atomic E-state index is 0.452. The predicted octanol–water partition coefficient (Wildman–Crippen LogP) is 3.69. The minimum Gasteiger partial charge on any atom is -0.330 e. The molecule has 1 aliphatic rings. The SMILES string of the molecule is CCC(C)(C)C1CCC(CN)C(Sc2cnn(C)c2)C1. The summed E-state index contributed by atoms with van der Waals surface area (Å²) in [6.07, 6.45) is 9.27. The Hall–Kier alpha value is -0.480. The molecule has 0 amide bonds. The van der Waals surface area contributed by atoms with Crippen LogP contribution in [0.5, 0.6) is 0 Å². The van der Waals surface area contributed by atoms with Gasteiger partial charge in [0, 0.05) is 23.4 Å². The van der Waals surface area contributed by atoms with E-state index in [9.17, 15) is 0 Å². The lowest BCUT2D eigenvalue weighted by Crippen LogP contribution is -2.37. The summed E-state index contributed by atoms with van der Waals surface area (Å²) in [4.78, 5) is 1.28. The summed E-state index contributed by atoms with van der Waals surface area (Å²) < 4.78 is 1.88. The quantitative estimate of drug-likeness (QED) is 0.901. The maximum absolute atomic E-state index is 6.01. The topological polar surface area (TPSA) is 43.8 Å². The van der Waals surface area contributed by atoms with Crippen LogP contribution in [-0.4, -0.2) is 21.6 Å². The van der Waals surface area contributed by atoms with E-state index in [0.717, 1.165) is 12.5 Å². The molecule has 4 heteroatoms. The lowest BCUT2D eigenvalue weighted by molar-refractivity contribution is 0.134. The van der Waals surface area contributed by atoms with Crippen LogP contribution >= 0.6 is 11.8 Å². The van der Waals surface area contributed by atoms with Gasteiger partial charge in [-0.15, -0.1) is 11.8 Å². The van der Waals surface area contributed by atoms with Crippen molar-refractivity contribution in [3.63, 3.8) is 0 Å². The van der Waals surface area contributed by atoms with Crippen LogP contribution in [0.3, 0.4) is 0 Å². The molecule has 114 valence electrons. The fraction of sp³-hybridized carbons (Fsp3) is 0.812.